The van der Waals surface area contributed by atoms with Crippen LogP contribution in [0.4, 0.5) is 5.69 Å². The molecule has 5 rings (SSSR count). The van der Waals surface area contributed by atoms with Crippen molar-refractivity contribution in [2.45, 2.75) is 19.4 Å². The Labute approximate surface area is 191 Å². The fraction of sp³-hybridized carbons (Fsp3) is 0.308. The van der Waals surface area contributed by atoms with Crippen molar-refractivity contribution in [3.63, 3.8) is 0 Å². The normalized spacial score (nSPS) is 25.8. The average molecular weight is 444 g/mol. The van der Waals surface area contributed by atoms with Gasteiger partial charge in [0.15, 0.2) is 0 Å². The number of fused-ring (bicyclic) bond motifs is 5. The number of hydrogen-bond acceptors (Lipinski definition) is 4. The highest BCUT2D eigenvalue weighted by Gasteiger charge is 2.59. The zero-order valence-corrected chi connectivity index (χ0v) is 18.2. The van der Waals surface area contributed by atoms with Gasteiger partial charge in [0.1, 0.15) is 6.54 Å². The van der Waals surface area contributed by atoms with Crippen LogP contribution in [0.1, 0.15) is 35.3 Å². The molecule has 0 aromatic heterocycles. The maximum absolute atomic E-state index is 12.9. The maximum Gasteiger partial charge on any atom is 0.253 e. The number of likely N-dealkylation sites (tertiary alicyclic amines) is 1. The first-order valence-electron chi connectivity index (χ1n) is 11.2. The van der Waals surface area contributed by atoms with E-state index >= 15 is 0 Å². The van der Waals surface area contributed by atoms with E-state index in [4.69, 9.17) is 0 Å². The van der Waals surface area contributed by atoms with Crippen LogP contribution in [0.15, 0.2) is 66.7 Å². The molecular weight excluding hydrogens is 418 g/mol. The second kappa shape index (κ2) is 8.31. The Morgan fingerprint density at radius 2 is 1.55 bits per heavy atom. The second-order valence-corrected chi connectivity index (χ2v) is 8.96. The summed E-state index contributed by atoms with van der Waals surface area (Å²) >= 11 is 0. The predicted octanol–water partition coefficient (Wildman–Crippen LogP) is 2.92. The third kappa shape index (κ3) is 3.73. The quantitative estimate of drug-likeness (QED) is 0.530. The lowest BCUT2D eigenvalue weighted by Gasteiger charge is -2.18. The van der Waals surface area contributed by atoms with Crippen LogP contribution in [0.2, 0.25) is 0 Å². The SMILES string of the molecule is C[C@@H](NC(=O)c1ccccc1NC(=O)CN1C(=O)[C@@H]2[C@H](C1=O)[C@H]1C=C[C@H]2C1)c1ccccc1. The molecule has 2 aromatic rings. The lowest BCUT2D eigenvalue weighted by atomic mass is 9.85. The minimum absolute atomic E-state index is 0.0977. The average Bonchev–Trinajstić information content (AvgIpc) is 3.50. The number of amides is 4. The third-order valence-electron chi connectivity index (χ3n) is 6.96. The summed E-state index contributed by atoms with van der Waals surface area (Å²) in [5.74, 6) is -1.84. The van der Waals surface area contributed by atoms with Crippen molar-refractivity contribution in [1.82, 2.24) is 10.2 Å². The molecule has 168 valence electrons. The summed E-state index contributed by atoms with van der Waals surface area (Å²) in [6, 6.07) is 16.1. The van der Waals surface area contributed by atoms with Gasteiger partial charge in [0, 0.05) is 0 Å². The van der Waals surface area contributed by atoms with Crippen molar-refractivity contribution in [2.24, 2.45) is 23.7 Å². The summed E-state index contributed by atoms with van der Waals surface area (Å²) in [6.07, 6.45) is 4.88. The van der Waals surface area contributed by atoms with Gasteiger partial charge in [0.25, 0.3) is 5.91 Å². The molecule has 4 amide bonds. The predicted molar refractivity (Wildman–Crippen MR) is 122 cm³/mol. The molecule has 0 spiro atoms. The molecule has 1 aliphatic heterocycles. The summed E-state index contributed by atoms with van der Waals surface area (Å²) in [4.78, 5) is 52.4. The molecule has 1 heterocycles. The van der Waals surface area contributed by atoms with Crippen molar-refractivity contribution >= 4 is 29.3 Å². The minimum Gasteiger partial charge on any atom is -0.345 e. The Hall–Kier alpha value is -3.74. The molecule has 7 heteroatoms. The van der Waals surface area contributed by atoms with Crippen LogP contribution in [0.5, 0.6) is 0 Å². The van der Waals surface area contributed by atoms with E-state index < -0.39 is 5.91 Å². The van der Waals surface area contributed by atoms with Gasteiger partial charge >= 0.3 is 0 Å². The summed E-state index contributed by atoms with van der Waals surface area (Å²) in [5.41, 5.74) is 1.61. The molecule has 3 aliphatic rings. The Kier molecular flexibility index (Phi) is 5.32. The van der Waals surface area contributed by atoms with Gasteiger partial charge in [-0.2, -0.15) is 0 Å². The molecule has 1 saturated heterocycles. The monoisotopic (exact) mass is 443 g/mol. The minimum atomic E-state index is -0.506. The fourth-order valence-electron chi connectivity index (χ4n) is 5.34. The topological polar surface area (TPSA) is 95.6 Å². The number of hydrogen-bond donors (Lipinski definition) is 2. The Bertz CT molecular complexity index is 1130. The number of nitrogens with zero attached hydrogens (tertiary/aromatic N) is 1. The van der Waals surface area contributed by atoms with Crippen LogP contribution < -0.4 is 10.6 Å². The molecule has 5 atom stereocenters. The number of imide groups is 1. The van der Waals surface area contributed by atoms with E-state index in [0.717, 1.165) is 16.9 Å². The molecule has 0 radical (unpaired) electrons. The molecule has 7 nitrogen and oxygen atoms in total. The highest BCUT2D eigenvalue weighted by molar-refractivity contribution is 6.10. The van der Waals surface area contributed by atoms with Crippen LogP contribution in [0, 0.1) is 23.7 Å². The lowest BCUT2D eigenvalue weighted by Crippen LogP contribution is -2.39. The molecule has 33 heavy (non-hydrogen) atoms. The van der Waals surface area contributed by atoms with Gasteiger partial charge in [-0.3, -0.25) is 24.1 Å². The lowest BCUT2D eigenvalue weighted by molar-refractivity contribution is -0.143. The number of carbonyl (C=O) groups is 4. The van der Waals surface area contributed by atoms with Crippen molar-refractivity contribution in [3.05, 3.63) is 77.9 Å². The van der Waals surface area contributed by atoms with Gasteiger partial charge in [-0.25, -0.2) is 0 Å². The third-order valence-corrected chi connectivity index (χ3v) is 6.96. The van der Waals surface area contributed by atoms with Gasteiger partial charge < -0.3 is 10.6 Å². The number of nitrogens with one attached hydrogen (secondary N) is 2. The summed E-state index contributed by atoms with van der Waals surface area (Å²) in [6.45, 7) is 1.54. The van der Waals surface area contributed by atoms with Crippen molar-refractivity contribution < 1.29 is 19.2 Å². The second-order valence-electron chi connectivity index (χ2n) is 8.96. The highest BCUT2D eigenvalue weighted by atomic mass is 16.2. The van der Waals surface area contributed by atoms with E-state index in [1.165, 1.54) is 0 Å². The first-order valence-corrected chi connectivity index (χ1v) is 11.2. The molecular formula is C26H25N3O4. The smallest absolute Gasteiger partial charge is 0.253 e. The van der Waals surface area contributed by atoms with Crippen LogP contribution in [0.25, 0.3) is 0 Å². The van der Waals surface area contributed by atoms with Gasteiger partial charge in [0.2, 0.25) is 17.7 Å². The van der Waals surface area contributed by atoms with E-state index in [1.54, 1.807) is 24.3 Å². The number of carbonyl (C=O) groups excluding carboxylic acids is 4. The van der Waals surface area contributed by atoms with Crippen LogP contribution in [-0.2, 0) is 14.4 Å². The number of anilines is 1. The van der Waals surface area contributed by atoms with Gasteiger partial charge in [-0.05, 0) is 42.9 Å². The summed E-state index contributed by atoms with van der Waals surface area (Å²) < 4.78 is 0. The molecule has 2 aromatic carbocycles. The molecule has 2 fully saturated rings. The number of para-hydroxylation sites is 1. The number of benzene rings is 2. The number of rotatable bonds is 6. The van der Waals surface area contributed by atoms with Gasteiger partial charge in [-0.15, -0.1) is 0 Å². The molecule has 0 unspecified atom stereocenters. The van der Waals surface area contributed by atoms with Crippen LogP contribution in [-0.4, -0.2) is 35.1 Å². The van der Waals surface area contributed by atoms with Gasteiger partial charge in [0.05, 0.1) is 29.1 Å². The Balaban J connectivity index is 1.26. The fourth-order valence-corrected chi connectivity index (χ4v) is 5.34. The Morgan fingerprint density at radius 1 is 0.939 bits per heavy atom. The van der Waals surface area contributed by atoms with Crippen LogP contribution in [0.3, 0.4) is 0 Å². The standard InChI is InChI=1S/C26H25N3O4/c1-15(16-7-3-2-4-8-16)27-24(31)19-9-5-6-10-20(19)28-21(30)14-29-25(32)22-17-11-12-18(13-17)23(22)26(29)33/h2-12,15,17-18,22-23H,13-14H2,1H3,(H,27,31)(H,28,30)/t15-,17+,18+,22-,23+/m1/s1. The van der Waals surface area contributed by atoms with Crippen LogP contribution >= 0.6 is 0 Å². The zero-order valence-electron chi connectivity index (χ0n) is 18.2. The van der Waals surface area contributed by atoms with Crippen molar-refractivity contribution in [2.75, 3.05) is 11.9 Å². The van der Waals surface area contributed by atoms with E-state index in [2.05, 4.69) is 10.6 Å². The van der Waals surface area contributed by atoms with E-state index in [1.807, 2.05) is 49.4 Å². The van der Waals surface area contributed by atoms with Gasteiger partial charge in [-0.1, -0.05) is 54.6 Å². The first kappa shape index (κ1) is 21.1. The first-order chi connectivity index (χ1) is 15.9. The van der Waals surface area contributed by atoms with Crippen molar-refractivity contribution in [1.29, 1.82) is 0 Å². The molecule has 2 N–H and O–H groups in total. The largest absolute Gasteiger partial charge is 0.345 e. The zero-order chi connectivity index (χ0) is 23.1. The number of allylic oxidation sites excluding steroid dienone is 2. The summed E-state index contributed by atoms with van der Waals surface area (Å²) in [5, 5.41) is 5.66. The van der Waals surface area contributed by atoms with E-state index in [-0.39, 0.29) is 54.0 Å². The maximum atomic E-state index is 12.9. The van der Waals surface area contributed by atoms with Crippen molar-refractivity contribution in [3.8, 4) is 0 Å². The van der Waals surface area contributed by atoms with E-state index in [0.29, 0.717) is 11.3 Å². The molecule has 2 aliphatic carbocycles. The summed E-state index contributed by atoms with van der Waals surface area (Å²) in [7, 11) is 0. The highest BCUT2D eigenvalue weighted by Crippen LogP contribution is 2.52. The molecule has 1 saturated carbocycles. The molecule has 2 bridgehead atoms. The van der Waals surface area contributed by atoms with E-state index in [9.17, 15) is 19.2 Å². The Morgan fingerprint density at radius 3 is 2.21 bits per heavy atom.